The maximum atomic E-state index is 5.52. The highest BCUT2D eigenvalue weighted by atomic mass is 16.5. The van der Waals surface area contributed by atoms with Gasteiger partial charge in [-0.1, -0.05) is 0 Å². The fourth-order valence-electron chi connectivity index (χ4n) is 3.85. The van der Waals surface area contributed by atoms with Crippen LogP contribution in [0.1, 0.15) is 51.4 Å². The van der Waals surface area contributed by atoms with Gasteiger partial charge in [-0.3, -0.25) is 4.90 Å². The van der Waals surface area contributed by atoms with Crippen molar-refractivity contribution in [2.45, 2.75) is 69.6 Å². The van der Waals surface area contributed by atoms with Gasteiger partial charge in [0.05, 0.1) is 6.10 Å². The molecule has 1 N–H and O–H groups in total. The zero-order valence-corrected chi connectivity index (χ0v) is 12.4. The second kappa shape index (κ2) is 6.55. The molecule has 3 fully saturated rings. The van der Waals surface area contributed by atoms with Crippen LogP contribution in [0.3, 0.4) is 0 Å². The van der Waals surface area contributed by atoms with E-state index in [1.54, 1.807) is 0 Å². The summed E-state index contributed by atoms with van der Waals surface area (Å²) < 4.78 is 5.52. The Bertz CT molecular complexity index is 266. The van der Waals surface area contributed by atoms with Gasteiger partial charge >= 0.3 is 0 Å². The summed E-state index contributed by atoms with van der Waals surface area (Å²) in [6.45, 7) is 3.89. The molecule has 1 aliphatic heterocycles. The maximum absolute atomic E-state index is 5.52. The van der Waals surface area contributed by atoms with Crippen molar-refractivity contribution in [3.8, 4) is 0 Å². The molecule has 0 amide bonds. The van der Waals surface area contributed by atoms with Gasteiger partial charge in [-0.05, 0) is 63.8 Å². The minimum atomic E-state index is 0.531. The first kappa shape index (κ1) is 13.8. The summed E-state index contributed by atoms with van der Waals surface area (Å²) in [5, 5.41) is 3.67. The van der Waals surface area contributed by atoms with Gasteiger partial charge in [0.25, 0.3) is 0 Å². The lowest BCUT2D eigenvalue weighted by Gasteiger charge is -2.38. The summed E-state index contributed by atoms with van der Waals surface area (Å²) >= 11 is 0. The molecule has 0 spiro atoms. The Morgan fingerprint density at radius 2 is 1.79 bits per heavy atom. The lowest BCUT2D eigenvalue weighted by atomic mass is 9.91. The third-order valence-electron chi connectivity index (χ3n) is 5.30. The fraction of sp³-hybridized carbons (Fsp3) is 1.00. The van der Waals surface area contributed by atoms with E-state index in [0.717, 1.165) is 18.0 Å². The van der Waals surface area contributed by atoms with Crippen molar-refractivity contribution >= 4 is 0 Å². The fourth-order valence-corrected chi connectivity index (χ4v) is 3.85. The first-order chi connectivity index (χ1) is 9.35. The zero-order valence-electron chi connectivity index (χ0n) is 12.4. The number of nitrogens with zero attached hydrogens (tertiary/aromatic N) is 1. The van der Waals surface area contributed by atoms with E-state index in [4.69, 9.17) is 4.74 Å². The summed E-state index contributed by atoms with van der Waals surface area (Å²) in [4.78, 5) is 2.83. The minimum Gasteiger partial charge on any atom is -0.381 e. The smallest absolute Gasteiger partial charge is 0.0572 e. The predicted octanol–water partition coefficient (Wildman–Crippen LogP) is 2.41. The van der Waals surface area contributed by atoms with E-state index in [1.807, 2.05) is 7.11 Å². The Labute approximate surface area is 118 Å². The van der Waals surface area contributed by atoms with E-state index in [0.29, 0.717) is 6.10 Å². The molecule has 0 radical (unpaired) electrons. The molecule has 0 bridgehead atoms. The Hall–Kier alpha value is -0.120. The lowest BCUT2D eigenvalue weighted by Crippen LogP contribution is -2.46. The molecule has 1 unspecified atom stereocenters. The highest BCUT2D eigenvalue weighted by Crippen LogP contribution is 2.33. The summed E-state index contributed by atoms with van der Waals surface area (Å²) in [5.74, 6) is 1.02. The van der Waals surface area contributed by atoms with E-state index in [-0.39, 0.29) is 0 Å². The molecule has 1 heterocycles. The first-order valence-electron chi connectivity index (χ1n) is 8.35. The highest BCUT2D eigenvalue weighted by molar-refractivity contribution is 4.88. The number of methoxy groups -OCH3 is 1. The molecule has 3 heteroatoms. The molecule has 0 aromatic rings. The van der Waals surface area contributed by atoms with Crippen molar-refractivity contribution in [3.05, 3.63) is 0 Å². The van der Waals surface area contributed by atoms with Crippen LogP contribution >= 0.6 is 0 Å². The Morgan fingerprint density at radius 3 is 2.37 bits per heavy atom. The van der Waals surface area contributed by atoms with Crippen molar-refractivity contribution in [2.75, 3.05) is 26.7 Å². The van der Waals surface area contributed by atoms with Gasteiger partial charge in [0.15, 0.2) is 0 Å². The van der Waals surface area contributed by atoms with Crippen LogP contribution in [0.15, 0.2) is 0 Å². The minimum absolute atomic E-state index is 0.531. The van der Waals surface area contributed by atoms with Gasteiger partial charge in [-0.2, -0.15) is 0 Å². The number of nitrogens with one attached hydrogen (secondary N) is 1. The molecule has 2 aliphatic carbocycles. The Balaban J connectivity index is 1.51. The van der Waals surface area contributed by atoms with Gasteiger partial charge in [0.2, 0.25) is 0 Å². The van der Waals surface area contributed by atoms with Gasteiger partial charge in [0, 0.05) is 32.3 Å². The number of ether oxygens (including phenoxy) is 1. The molecule has 110 valence electrons. The second-order valence-electron chi connectivity index (χ2n) is 6.86. The summed E-state index contributed by atoms with van der Waals surface area (Å²) in [6, 6.07) is 1.59. The Kier molecular flexibility index (Phi) is 4.78. The third kappa shape index (κ3) is 3.93. The van der Waals surface area contributed by atoms with E-state index in [1.165, 1.54) is 71.0 Å². The standard InChI is InChI=1S/C16H30N2O/c1-19-16-8-6-15(7-9-16)18(11-13-4-5-13)12-14-3-2-10-17-14/h13-17H,2-12H2,1H3. The molecule has 1 saturated heterocycles. The van der Waals surface area contributed by atoms with Crippen LogP contribution in [0, 0.1) is 5.92 Å². The van der Waals surface area contributed by atoms with Gasteiger partial charge in [-0.15, -0.1) is 0 Å². The third-order valence-corrected chi connectivity index (χ3v) is 5.30. The first-order valence-corrected chi connectivity index (χ1v) is 8.35. The topological polar surface area (TPSA) is 24.5 Å². The Morgan fingerprint density at radius 1 is 1.00 bits per heavy atom. The van der Waals surface area contributed by atoms with Crippen molar-refractivity contribution < 1.29 is 4.74 Å². The van der Waals surface area contributed by atoms with Gasteiger partial charge in [0.1, 0.15) is 0 Å². The molecule has 3 aliphatic rings. The zero-order chi connectivity index (χ0) is 13.1. The van der Waals surface area contributed by atoms with E-state index < -0.39 is 0 Å². The van der Waals surface area contributed by atoms with Gasteiger partial charge < -0.3 is 10.1 Å². The average molecular weight is 266 g/mol. The van der Waals surface area contributed by atoms with Gasteiger partial charge in [-0.25, -0.2) is 0 Å². The van der Waals surface area contributed by atoms with E-state index in [2.05, 4.69) is 10.2 Å². The monoisotopic (exact) mass is 266 g/mol. The molecule has 0 aromatic carbocycles. The summed E-state index contributed by atoms with van der Waals surface area (Å²) in [7, 11) is 1.87. The highest BCUT2D eigenvalue weighted by Gasteiger charge is 2.32. The quantitative estimate of drug-likeness (QED) is 0.799. The van der Waals surface area contributed by atoms with Crippen molar-refractivity contribution in [2.24, 2.45) is 5.92 Å². The number of hydrogen-bond acceptors (Lipinski definition) is 3. The number of hydrogen-bond donors (Lipinski definition) is 1. The molecule has 3 rings (SSSR count). The molecule has 3 nitrogen and oxygen atoms in total. The van der Waals surface area contributed by atoms with Crippen LogP contribution in [0.5, 0.6) is 0 Å². The lowest BCUT2D eigenvalue weighted by molar-refractivity contribution is 0.0352. The largest absolute Gasteiger partial charge is 0.381 e. The molecular weight excluding hydrogens is 236 g/mol. The summed E-state index contributed by atoms with van der Waals surface area (Å²) in [5.41, 5.74) is 0. The van der Waals surface area contributed by atoms with Crippen LogP contribution in [-0.2, 0) is 4.74 Å². The van der Waals surface area contributed by atoms with Crippen LogP contribution in [0.2, 0.25) is 0 Å². The molecule has 19 heavy (non-hydrogen) atoms. The van der Waals surface area contributed by atoms with Crippen molar-refractivity contribution in [1.29, 1.82) is 0 Å². The predicted molar refractivity (Wildman–Crippen MR) is 78.4 cm³/mol. The second-order valence-corrected chi connectivity index (χ2v) is 6.86. The average Bonchev–Trinajstić information content (AvgIpc) is 3.12. The van der Waals surface area contributed by atoms with Crippen molar-refractivity contribution in [1.82, 2.24) is 10.2 Å². The molecular formula is C16H30N2O. The molecule has 0 aromatic heterocycles. The molecule has 2 saturated carbocycles. The van der Waals surface area contributed by atoms with Crippen LogP contribution in [0.25, 0.3) is 0 Å². The maximum Gasteiger partial charge on any atom is 0.0572 e. The van der Waals surface area contributed by atoms with Crippen LogP contribution in [0.4, 0.5) is 0 Å². The SMILES string of the molecule is COC1CCC(N(CC2CC2)CC2CCCN2)CC1. The normalized spacial score (nSPS) is 36.0. The number of rotatable bonds is 6. The molecule has 1 atom stereocenters. The van der Waals surface area contributed by atoms with Crippen LogP contribution < -0.4 is 5.32 Å². The van der Waals surface area contributed by atoms with E-state index in [9.17, 15) is 0 Å². The summed E-state index contributed by atoms with van der Waals surface area (Å²) in [6.07, 6.45) is 11.5. The van der Waals surface area contributed by atoms with Crippen LogP contribution in [-0.4, -0.2) is 49.8 Å². The van der Waals surface area contributed by atoms with Crippen molar-refractivity contribution in [3.63, 3.8) is 0 Å². The van der Waals surface area contributed by atoms with E-state index >= 15 is 0 Å².